The van der Waals surface area contributed by atoms with Crippen LogP contribution in [0, 0.1) is 0 Å². The largest absolute Gasteiger partial charge is 0.494 e. The standard InChI is InChI=1S/C12H15F3OSi/c1-4-16-9-6-5-8(11(13)12(14)15)7-10(9)17(2)3/h5-7,17H,4H2,1-3H3. The van der Waals surface area contributed by atoms with Crippen molar-refractivity contribution in [3.05, 3.63) is 29.8 Å². The molecule has 0 aliphatic rings. The van der Waals surface area contributed by atoms with Crippen LogP contribution in [-0.2, 0) is 0 Å². The Morgan fingerprint density at radius 3 is 2.35 bits per heavy atom. The molecule has 0 N–H and O–H groups in total. The van der Waals surface area contributed by atoms with Gasteiger partial charge in [0.05, 0.1) is 15.4 Å². The maximum atomic E-state index is 13.1. The molecule has 0 heterocycles. The molecule has 0 aromatic heterocycles. The minimum absolute atomic E-state index is 0.0790. The third-order valence-corrected chi connectivity index (χ3v) is 4.05. The van der Waals surface area contributed by atoms with Crippen LogP contribution in [0.15, 0.2) is 24.3 Å². The van der Waals surface area contributed by atoms with Gasteiger partial charge in [0.15, 0.2) is 5.83 Å². The molecule has 0 fully saturated rings. The minimum Gasteiger partial charge on any atom is -0.494 e. The fourth-order valence-corrected chi connectivity index (χ4v) is 2.79. The Kier molecular flexibility index (Phi) is 4.81. The molecule has 0 spiro atoms. The van der Waals surface area contributed by atoms with Gasteiger partial charge in [-0.2, -0.15) is 8.78 Å². The quantitative estimate of drug-likeness (QED) is 0.755. The normalized spacial score (nSPS) is 10.5. The molecule has 0 radical (unpaired) electrons. The first kappa shape index (κ1) is 13.8. The van der Waals surface area contributed by atoms with Gasteiger partial charge < -0.3 is 4.74 Å². The predicted molar refractivity (Wildman–Crippen MR) is 66.4 cm³/mol. The van der Waals surface area contributed by atoms with Gasteiger partial charge in [-0.15, -0.1) is 0 Å². The van der Waals surface area contributed by atoms with Crippen molar-refractivity contribution in [1.82, 2.24) is 0 Å². The molecule has 0 unspecified atom stereocenters. The zero-order valence-corrected chi connectivity index (χ0v) is 11.2. The highest BCUT2D eigenvalue weighted by atomic mass is 28.3. The van der Waals surface area contributed by atoms with Gasteiger partial charge >= 0.3 is 6.08 Å². The van der Waals surface area contributed by atoms with Crippen molar-refractivity contribution in [2.45, 2.75) is 20.0 Å². The van der Waals surface area contributed by atoms with Crippen LogP contribution in [0.4, 0.5) is 13.2 Å². The molecule has 0 saturated heterocycles. The summed E-state index contributed by atoms with van der Waals surface area (Å²) in [6.07, 6.45) is -2.29. The first-order chi connectivity index (χ1) is 7.97. The molecule has 0 aliphatic carbocycles. The number of rotatable bonds is 4. The summed E-state index contributed by atoms with van der Waals surface area (Å²) in [5, 5.41) is 0.862. The molecule has 5 heteroatoms. The highest BCUT2D eigenvalue weighted by Gasteiger charge is 2.14. The number of hydrogen-bond acceptors (Lipinski definition) is 1. The molecule has 0 bridgehead atoms. The summed E-state index contributed by atoms with van der Waals surface area (Å²) < 4.78 is 42.9. The van der Waals surface area contributed by atoms with Gasteiger partial charge in [0, 0.05) is 5.56 Å². The minimum atomic E-state index is -2.29. The summed E-state index contributed by atoms with van der Waals surface area (Å²) in [6.45, 7) is 6.43. The number of hydrogen-bond donors (Lipinski definition) is 0. The first-order valence-electron chi connectivity index (χ1n) is 5.45. The lowest BCUT2D eigenvalue weighted by molar-refractivity contribution is 0.343. The third kappa shape index (κ3) is 3.36. The Morgan fingerprint density at radius 2 is 1.88 bits per heavy atom. The Bertz CT molecular complexity index is 426. The van der Waals surface area contributed by atoms with E-state index in [0.29, 0.717) is 12.4 Å². The Hall–Kier alpha value is -1.23. The molecule has 1 aromatic rings. The van der Waals surface area contributed by atoms with Crippen molar-refractivity contribution in [2.24, 2.45) is 0 Å². The molecule has 17 heavy (non-hydrogen) atoms. The van der Waals surface area contributed by atoms with Crippen LogP contribution in [0.3, 0.4) is 0 Å². The third-order valence-electron chi connectivity index (χ3n) is 2.35. The van der Waals surface area contributed by atoms with Crippen LogP contribution in [-0.4, -0.2) is 15.4 Å². The lowest BCUT2D eigenvalue weighted by Crippen LogP contribution is -2.25. The molecule has 1 aromatic carbocycles. The van der Waals surface area contributed by atoms with Gasteiger partial charge in [-0.25, -0.2) is 4.39 Å². The van der Waals surface area contributed by atoms with Gasteiger partial charge in [0.1, 0.15) is 5.75 Å². The van der Waals surface area contributed by atoms with Crippen molar-refractivity contribution >= 4 is 19.8 Å². The van der Waals surface area contributed by atoms with E-state index in [1.165, 1.54) is 12.1 Å². The summed E-state index contributed by atoms with van der Waals surface area (Å²) in [6, 6.07) is 4.35. The molecular formula is C12H15F3OSi. The molecule has 0 amide bonds. The second kappa shape index (κ2) is 5.91. The van der Waals surface area contributed by atoms with Crippen molar-refractivity contribution in [3.63, 3.8) is 0 Å². The van der Waals surface area contributed by atoms with Crippen LogP contribution < -0.4 is 9.92 Å². The summed E-state index contributed by atoms with van der Waals surface area (Å²) >= 11 is 0. The van der Waals surface area contributed by atoms with E-state index in [1.54, 1.807) is 6.07 Å². The van der Waals surface area contributed by atoms with Crippen molar-refractivity contribution < 1.29 is 17.9 Å². The van der Waals surface area contributed by atoms with E-state index in [1.807, 2.05) is 20.0 Å². The molecule has 0 atom stereocenters. The van der Waals surface area contributed by atoms with Crippen LogP contribution in [0.1, 0.15) is 12.5 Å². The topological polar surface area (TPSA) is 9.23 Å². The average molecular weight is 260 g/mol. The van der Waals surface area contributed by atoms with Crippen molar-refractivity contribution in [1.29, 1.82) is 0 Å². The fraction of sp³-hybridized carbons (Fsp3) is 0.333. The summed E-state index contributed by atoms with van der Waals surface area (Å²) in [5.74, 6) is -0.783. The van der Waals surface area contributed by atoms with E-state index in [4.69, 9.17) is 4.74 Å². The number of halogens is 3. The van der Waals surface area contributed by atoms with E-state index in [0.717, 1.165) is 5.19 Å². The molecule has 1 rings (SSSR count). The van der Waals surface area contributed by atoms with E-state index >= 15 is 0 Å². The van der Waals surface area contributed by atoms with Gasteiger partial charge in [-0.05, 0) is 30.3 Å². The van der Waals surface area contributed by atoms with Crippen LogP contribution in [0.2, 0.25) is 13.1 Å². The predicted octanol–water partition coefficient (Wildman–Crippen LogP) is 3.31. The van der Waals surface area contributed by atoms with Crippen LogP contribution in [0.25, 0.3) is 5.83 Å². The average Bonchev–Trinajstić information content (AvgIpc) is 2.28. The lowest BCUT2D eigenvalue weighted by Gasteiger charge is -2.13. The molecule has 0 saturated carbocycles. The van der Waals surface area contributed by atoms with Crippen LogP contribution in [0.5, 0.6) is 5.75 Å². The number of benzene rings is 1. The zero-order chi connectivity index (χ0) is 13.0. The van der Waals surface area contributed by atoms with E-state index in [2.05, 4.69) is 0 Å². The maximum absolute atomic E-state index is 13.1. The Balaban J connectivity index is 3.23. The summed E-state index contributed by atoms with van der Waals surface area (Å²) in [4.78, 5) is 0. The second-order valence-corrected chi connectivity index (χ2v) is 6.85. The van der Waals surface area contributed by atoms with Gasteiger partial charge in [-0.1, -0.05) is 13.1 Å². The molecule has 1 nitrogen and oxygen atoms in total. The molecule has 94 valence electrons. The Morgan fingerprint density at radius 1 is 1.24 bits per heavy atom. The monoisotopic (exact) mass is 260 g/mol. The van der Waals surface area contributed by atoms with Crippen LogP contribution >= 0.6 is 0 Å². The van der Waals surface area contributed by atoms with Gasteiger partial charge in [0.25, 0.3) is 0 Å². The SMILES string of the molecule is CCOc1ccc(C(F)=C(F)F)cc1[SiH](C)C. The van der Waals surface area contributed by atoms with Gasteiger partial charge in [-0.3, -0.25) is 0 Å². The fourth-order valence-electron chi connectivity index (χ4n) is 1.53. The maximum Gasteiger partial charge on any atom is 0.306 e. The molecular weight excluding hydrogens is 245 g/mol. The molecule has 0 aliphatic heterocycles. The zero-order valence-electron chi connectivity index (χ0n) is 10.1. The first-order valence-corrected chi connectivity index (χ1v) is 8.34. The summed E-state index contributed by atoms with van der Waals surface area (Å²) in [5.41, 5.74) is -0.0790. The van der Waals surface area contributed by atoms with Crippen molar-refractivity contribution in [2.75, 3.05) is 6.61 Å². The second-order valence-electron chi connectivity index (χ2n) is 3.91. The van der Waals surface area contributed by atoms with Gasteiger partial charge in [0.2, 0.25) is 0 Å². The lowest BCUT2D eigenvalue weighted by atomic mass is 10.2. The van der Waals surface area contributed by atoms with E-state index in [-0.39, 0.29) is 5.56 Å². The van der Waals surface area contributed by atoms with E-state index in [9.17, 15) is 13.2 Å². The van der Waals surface area contributed by atoms with E-state index < -0.39 is 20.7 Å². The smallest absolute Gasteiger partial charge is 0.306 e. The Labute approximate surface area is 101 Å². The van der Waals surface area contributed by atoms with Crippen molar-refractivity contribution in [3.8, 4) is 5.75 Å². The highest BCUT2D eigenvalue weighted by molar-refractivity contribution is 6.71. The summed E-state index contributed by atoms with van der Waals surface area (Å²) in [7, 11) is -1.26. The number of ether oxygens (including phenoxy) is 1. The highest BCUT2D eigenvalue weighted by Crippen LogP contribution is 2.23.